The summed E-state index contributed by atoms with van der Waals surface area (Å²) >= 11 is 0. The van der Waals surface area contributed by atoms with Crippen LogP contribution in [0.3, 0.4) is 0 Å². The van der Waals surface area contributed by atoms with Crippen molar-refractivity contribution in [3.63, 3.8) is 0 Å². The molecule has 1 aromatic carbocycles. The molecule has 1 heterocycles. The Labute approximate surface area is 159 Å². The fourth-order valence-corrected chi connectivity index (χ4v) is 2.38. The Morgan fingerprint density at radius 1 is 1.00 bits per heavy atom. The second-order valence-electron chi connectivity index (χ2n) is 6.28. The zero-order chi connectivity index (χ0) is 19.8. The molecule has 2 N–H and O–H groups in total. The van der Waals surface area contributed by atoms with E-state index < -0.39 is 0 Å². The molecule has 0 saturated carbocycles. The normalized spacial score (nSPS) is 10.4. The maximum atomic E-state index is 12.5. The van der Waals surface area contributed by atoms with Gasteiger partial charge >= 0.3 is 0 Å². The van der Waals surface area contributed by atoms with Crippen LogP contribution in [0.25, 0.3) is 0 Å². The van der Waals surface area contributed by atoms with Crippen LogP contribution in [0.2, 0.25) is 0 Å². The number of hydrogen-bond donors (Lipinski definition) is 2. The van der Waals surface area contributed by atoms with Crippen molar-refractivity contribution in [3.8, 4) is 17.2 Å². The number of methoxy groups -OCH3 is 3. The topological polar surface area (TPSA) is 94.6 Å². The van der Waals surface area contributed by atoms with E-state index in [1.165, 1.54) is 21.3 Å². The minimum Gasteiger partial charge on any atom is -0.493 e. The van der Waals surface area contributed by atoms with Crippen molar-refractivity contribution in [1.29, 1.82) is 0 Å². The first kappa shape index (κ1) is 20.3. The van der Waals surface area contributed by atoms with Crippen molar-refractivity contribution < 1.29 is 19.0 Å². The summed E-state index contributed by atoms with van der Waals surface area (Å²) < 4.78 is 15.8. The lowest BCUT2D eigenvalue weighted by molar-refractivity contribution is 0.102. The van der Waals surface area contributed by atoms with Crippen LogP contribution < -0.4 is 24.8 Å². The second-order valence-corrected chi connectivity index (χ2v) is 6.28. The van der Waals surface area contributed by atoms with Gasteiger partial charge in [-0.05, 0) is 36.6 Å². The lowest BCUT2D eigenvalue weighted by Crippen LogP contribution is -2.14. The van der Waals surface area contributed by atoms with Crippen LogP contribution in [0.15, 0.2) is 24.3 Å². The van der Waals surface area contributed by atoms with Gasteiger partial charge in [0.2, 0.25) is 5.75 Å². The molecule has 0 aliphatic heterocycles. The van der Waals surface area contributed by atoms with E-state index in [0.29, 0.717) is 40.4 Å². The molecule has 0 radical (unpaired) electrons. The smallest absolute Gasteiger partial charge is 0.257 e. The first-order chi connectivity index (χ1) is 13.0. The number of ether oxygens (including phenoxy) is 3. The molecule has 0 atom stereocenters. The SMILES string of the molecule is COc1cc(C(=O)Nc2ccc(NCCC(C)C)nn2)cc(OC)c1OC. The molecule has 2 rings (SSSR count). The van der Waals surface area contributed by atoms with Gasteiger partial charge in [0.1, 0.15) is 5.82 Å². The minimum absolute atomic E-state index is 0.350. The van der Waals surface area contributed by atoms with Gasteiger partial charge in [0.25, 0.3) is 5.91 Å². The molecule has 146 valence electrons. The van der Waals surface area contributed by atoms with Crippen LogP contribution in [0, 0.1) is 5.92 Å². The summed E-state index contributed by atoms with van der Waals surface area (Å²) in [6, 6.07) is 6.62. The van der Waals surface area contributed by atoms with Gasteiger partial charge in [0.15, 0.2) is 17.3 Å². The van der Waals surface area contributed by atoms with Crippen molar-refractivity contribution in [1.82, 2.24) is 10.2 Å². The lowest BCUT2D eigenvalue weighted by atomic mass is 10.1. The van der Waals surface area contributed by atoms with E-state index in [1.54, 1.807) is 24.3 Å². The number of carbonyl (C=O) groups excluding carboxylic acids is 1. The summed E-state index contributed by atoms with van der Waals surface area (Å²) in [4.78, 5) is 12.5. The highest BCUT2D eigenvalue weighted by molar-refractivity contribution is 6.04. The van der Waals surface area contributed by atoms with Gasteiger partial charge in [-0.3, -0.25) is 4.79 Å². The Balaban J connectivity index is 2.08. The zero-order valence-corrected chi connectivity index (χ0v) is 16.3. The number of hydrogen-bond acceptors (Lipinski definition) is 7. The quantitative estimate of drug-likeness (QED) is 0.696. The summed E-state index contributed by atoms with van der Waals surface area (Å²) in [5.74, 6) is 2.50. The van der Waals surface area contributed by atoms with Crippen molar-refractivity contribution in [2.75, 3.05) is 38.5 Å². The van der Waals surface area contributed by atoms with Crippen LogP contribution in [0.4, 0.5) is 11.6 Å². The Morgan fingerprint density at radius 3 is 2.07 bits per heavy atom. The third-order valence-corrected chi connectivity index (χ3v) is 3.86. The molecule has 27 heavy (non-hydrogen) atoms. The fraction of sp³-hybridized carbons (Fsp3) is 0.421. The maximum absolute atomic E-state index is 12.5. The van der Waals surface area contributed by atoms with Crippen LogP contribution in [-0.4, -0.2) is 44.0 Å². The molecule has 8 nitrogen and oxygen atoms in total. The van der Waals surface area contributed by atoms with Gasteiger partial charge in [-0.1, -0.05) is 13.8 Å². The van der Waals surface area contributed by atoms with E-state index >= 15 is 0 Å². The third-order valence-electron chi connectivity index (χ3n) is 3.86. The molecule has 1 amide bonds. The van der Waals surface area contributed by atoms with E-state index in [2.05, 4.69) is 34.7 Å². The lowest BCUT2D eigenvalue weighted by Gasteiger charge is -2.14. The summed E-state index contributed by atoms with van der Waals surface area (Å²) in [6.07, 6.45) is 1.04. The number of nitrogens with one attached hydrogen (secondary N) is 2. The third kappa shape index (κ3) is 5.47. The van der Waals surface area contributed by atoms with Crippen LogP contribution in [0.5, 0.6) is 17.2 Å². The molecule has 0 saturated heterocycles. The molecule has 0 aliphatic carbocycles. The summed E-state index contributed by atoms with van der Waals surface area (Å²) in [6.45, 7) is 5.15. The van der Waals surface area contributed by atoms with E-state index in [9.17, 15) is 4.79 Å². The number of aromatic nitrogens is 2. The Morgan fingerprint density at radius 2 is 1.59 bits per heavy atom. The molecule has 1 aromatic heterocycles. The van der Waals surface area contributed by atoms with Crippen molar-refractivity contribution in [3.05, 3.63) is 29.8 Å². The largest absolute Gasteiger partial charge is 0.493 e. The molecule has 0 fully saturated rings. The molecule has 2 aromatic rings. The summed E-state index contributed by atoms with van der Waals surface area (Å²) in [5, 5.41) is 14.0. The van der Waals surface area contributed by atoms with Gasteiger partial charge in [0, 0.05) is 12.1 Å². The maximum Gasteiger partial charge on any atom is 0.257 e. The van der Waals surface area contributed by atoms with Crippen molar-refractivity contribution in [2.45, 2.75) is 20.3 Å². The predicted molar refractivity (Wildman–Crippen MR) is 104 cm³/mol. The molecule has 8 heteroatoms. The van der Waals surface area contributed by atoms with E-state index in [4.69, 9.17) is 14.2 Å². The van der Waals surface area contributed by atoms with Crippen molar-refractivity contribution >= 4 is 17.5 Å². The summed E-state index contributed by atoms with van der Waals surface area (Å²) in [7, 11) is 4.50. The highest BCUT2D eigenvalue weighted by Crippen LogP contribution is 2.38. The Bertz CT molecular complexity index is 738. The van der Waals surface area contributed by atoms with Gasteiger partial charge in [-0.15, -0.1) is 10.2 Å². The number of benzene rings is 1. The van der Waals surface area contributed by atoms with E-state index in [1.807, 2.05) is 0 Å². The van der Waals surface area contributed by atoms with Gasteiger partial charge in [-0.2, -0.15) is 0 Å². The van der Waals surface area contributed by atoms with Crippen LogP contribution >= 0.6 is 0 Å². The van der Waals surface area contributed by atoms with Crippen LogP contribution in [-0.2, 0) is 0 Å². The second kappa shape index (κ2) is 9.61. The van der Waals surface area contributed by atoms with Crippen LogP contribution in [0.1, 0.15) is 30.6 Å². The fourth-order valence-electron chi connectivity index (χ4n) is 2.38. The van der Waals surface area contributed by atoms with Gasteiger partial charge in [-0.25, -0.2) is 0 Å². The predicted octanol–water partition coefficient (Wildman–Crippen LogP) is 3.21. The molecule has 0 aliphatic rings. The number of amides is 1. The average molecular weight is 374 g/mol. The Hall–Kier alpha value is -3.03. The average Bonchev–Trinajstić information content (AvgIpc) is 2.67. The monoisotopic (exact) mass is 374 g/mol. The first-order valence-corrected chi connectivity index (χ1v) is 8.67. The standard InChI is InChI=1S/C19H26N4O4/c1-12(2)8-9-20-16-6-7-17(23-22-16)21-19(24)13-10-14(25-3)18(27-5)15(11-13)26-4/h6-7,10-12H,8-9H2,1-5H3,(H,20,22)(H,21,23,24). The Kier molecular flexibility index (Phi) is 7.22. The van der Waals surface area contributed by atoms with Gasteiger partial charge < -0.3 is 24.8 Å². The molecular weight excluding hydrogens is 348 g/mol. The molecule has 0 bridgehead atoms. The first-order valence-electron chi connectivity index (χ1n) is 8.67. The molecule has 0 spiro atoms. The molecular formula is C19H26N4O4. The van der Waals surface area contributed by atoms with E-state index in [0.717, 1.165) is 13.0 Å². The number of anilines is 2. The molecule has 0 unspecified atom stereocenters. The summed E-state index contributed by atoms with van der Waals surface area (Å²) in [5.41, 5.74) is 0.352. The minimum atomic E-state index is -0.357. The zero-order valence-electron chi connectivity index (χ0n) is 16.3. The van der Waals surface area contributed by atoms with E-state index in [-0.39, 0.29) is 5.91 Å². The number of carbonyl (C=O) groups is 1. The highest BCUT2D eigenvalue weighted by atomic mass is 16.5. The number of nitrogens with zero attached hydrogens (tertiary/aromatic N) is 2. The highest BCUT2D eigenvalue weighted by Gasteiger charge is 2.17. The van der Waals surface area contributed by atoms with Crippen molar-refractivity contribution in [2.24, 2.45) is 5.92 Å². The number of rotatable bonds is 9. The van der Waals surface area contributed by atoms with Gasteiger partial charge in [0.05, 0.1) is 21.3 Å².